The Labute approximate surface area is 205 Å². The highest BCUT2D eigenvalue weighted by Gasteiger charge is 2.20. The first-order chi connectivity index (χ1) is 16.8. The standard InChI is InChI=1S/C26H27NO7S/c1-19-8-14-24(15-9-19)35(30,31)34-23-12-10-21(11-13-23)22(16-25(28)32-2)17-27-26(29)33-18-20-6-4-3-5-7-20/h3-15,22H,16-18H2,1-2H3,(H,27,29). The zero-order valence-corrected chi connectivity index (χ0v) is 20.3. The molecule has 0 saturated carbocycles. The number of aryl methyl sites for hydroxylation is 1. The maximum Gasteiger partial charge on any atom is 0.407 e. The summed E-state index contributed by atoms with van der Waals surface area (Å²) in [7, 11) is -2.70. The van der Waals surface area contributed by atoms with Crippen LogP contribution < -0.4 is 9.50 Å². The van der Waals surface area contributed by atoms with Crippen LogP contribution in [0.1, 0.15) is 29.0 Å². The number of ether oxygens (including phenoxy) is 2. The minimum Gasteiger partial charge on any atom is -0.469 e. The van der Waals surface area contributed by atoms with Crippen molar-refractivity contribution in [2.75, 3.05) is 13.7 Å². The predicted octanol–water partition coefficient (Wildman–Crippen LogP) is 4.34. The number of esters is 1. The van der Waals surface area contributed by atoms with E-state index in [4.69, 9.17) is 13.7 Å². The van der Waals surface area contributed by atoms with E-state index < -0.39 is 28.1 Å². The molecule has 1 atom stereocenters. The van der Waals surface area contributed by atoms with Gasteiger partial charge in [0.15, 0.2) is 0 Å². The molecule has 0 aliphatic heterocycles. The third-order valence-corrected chi connectivity index (χ3v) is 6.47. The van der Waals surface area contributed by atoms with Gasteiger partial charge in [-0.05, 0) is 42.3 Å². The Morgan fingerprint density at radius 3 is 2.20 bits per heavy atom. The van der Waals surface area contributed by atoms with Gasteiger partial charge in [-0.15, -0.1) is 0 Å². The third kappa shape index (κ3) is 7.86. The van der Waals surface area contributed by atoms with Crippen LogP contribution in [0.15, 0.2) is 83.8 Å². The molecular formula is C26H27NO7S. The largest absolute Gasteiger partial charge is 0.469 e. The maximum atomic E-state index is 12.5. The Kier molecular flexibility index (Phi) is 8.86. The van der Waals surface area contributed by atoms with Crippen LogP contribution in [0.5, 0.6) is 5.75 Å². The van der Waals surface area contributed by atoms with Gasteiger partial charge in [-0.2, -0.15) is 8.42 Å². The van der Waals surface area contributed by atoms with Crippen molar-refractivity contribution in [3.8, 4) is 5.75 Å². The van der Waals surface area contributed by atoms with Crippen LogP contribution >= 0.6 is 0 Å². The number of hydrogen-bond acceptors (Lipinski definition) is 7. The van der Waals surface area contributed by atoms with E-state index in [0.29, 0.717) is 5.56 Å². The highest BCUT2D eigenvalue weighted by atomic mass is 32.2. The van der Waals surface area contributed by atoms with E-state index in [0.717, 1.165) is 11.1 Å². The molecule has 1 unspecified atom stereocenters. The Balaban J connectivity index is 1.64. The molecule has 35 heavy (non-hydrogen) atoms. The molecule has 0 radical (unpaired) electrons. The lowest BCUT2D eigenvalue weighted by Crippen LogP contribution is -2.30. The molecule has 184 valence electrons. The zero-order chi connectivity index (χ0) is 25.3. The SMILES string of the molecule is COC(=O)CC(CNC(=O)OCc1ccccc1)c1ccc(OS(=O)(=O)c2ccc(C)cc2)cc1. The Morgan fingerprint density at radius 2 is 1.57 bits per heavy atom. The lowest BCUT2D eigenvalue weighted by Gasteiger charge is -2.17. The van der Waals surface area contributed by atoms with Crippen molar-refractivity contribution in [3.05, 3.63) is 95.6 Å². The van der Waals surface area contributed by atoms with E-state index >= 15 is 0 Å². The number of rotatable bonds is 10. The molecule has 0 fully saturated rings. The lowest BCUT2D eigenvalue weighted by atomic mass is 9.95. The van der Waals surface area contributed by atoms with E-state index in [1.165, 1.54) is 31.4 Å². The molecule has 1 N–H and O–H groups in total. The summed E-state index contributed by atoms with van der Waals surface area (Å²) in [6, 6.07) is 21.9. The fourth-order valence-corrected chi connectivity index (χ4v) is 4.18. The van der Waals surface area contributed by atoms with Gasteiger partial charge >= 0.3 is 22.2 Å². The molecule has 0 aliphatic carbocycles. The molecule has 0 bridgehead atoms. The molecule has 1 amide bonds. The average Bonchev–Trinajstić information content (AvgIpc) is 2.86. The topological polar surface area (TPSA) is 108 Å². The summed E-state index contributed by atoms with van der Waals surface area (Å²) >= 11 is 0. The van der Waals surface area contributed by atoms with Gasteiger partial charge < -0.3 is 19.0 Å². The molecule has 9 heteroatoms. The number of hydrogen-bond donors (Lipinski definition) is 1. The first kappa shape index (κ1) is 25.8. The minimum absolute atomic E-state index is 0.0112. The molecule has 3 aromatic rings. The molecule has 3 aromatic carbocycles. The van der Waals surface area contributed by atoms with Crippen molar-refractivity contribution in [2.45, 2.75) is 30.8 Å². The van der Waals surface area contributed by atoms with Gasteiger partial charge in [0.2, 0.25) is 0 Å². The predicted molar refractivity (Wildman–Crippen MR) is 129 cm³/mol. The van der Waals surface area contributed by atoms with E-state index in [1.807, 2.05) is 37.3 Å². The molecule has 0 heterocycles. The quantitative estimate of drug-likeness (QED) is 0.328. The highest BCUT2D eigenvalue weighted by molar-refractivity contribution is 7.87. The molecule has 0 aromatic heterocycles. The minimum atomic E-state index is -3.98. The van der Waals surface area contributed by atoms with Crippen molar-refractivity contribution in [3.63, 3.8) is 0 Å². The molecular weight excluding hydrogens is 470 g/mol. The third-order valence-electron chi connectivity index (χ3n) is 5.21. The van der Waals surface area contributed by atoms with Crippen LogP contribution in [0, 0.1) is 6.92 Å². The number of carbonyl (C=O) groups excluding carboxylic acids is 2. The molecule has 0 saturated heterocycles. The van der Waals surface area contributed by atoms with Gasteiger partial charge in [0, 0.05) is 12.5 Å². The van der Waals surface area contributed by atoms with Gasteiger partial charge in [0.25, 0.3) is 0 Å². The second-order valence-electron chi connectivity index (χ2n) is 7.84. The summed E-state index contributed by atoms with van der Waals surface area (Å²) in [5.74, 6) is -0.743. The number of benzene rings is 3. The Hall–Kier alpha value is -3.85. The number of nitrogens with one attached hydrogen (secondary N) is 1. The van der Waals surface area contributed by atoms with Crippen molar-refractivity contribution in [1.82, 2.24) is 5.32 Å². The smallest absolute Gasteiger partial charge is 0.407 e. The van der Waals surface area contributed by atoms with Crippen LogP contribution in [-0.4, -0.2) is 34.1 Å². The number of methoxy groups -OCH3 is 1. The first-order valence-corrected chi connectivity index (χ1v) is 12.3. The monoisotopic (exact) mass is 497 g/mol. The average molecular weight is 498 g/mol. The summed E-state index contributed by atoms with van der Waals surface area (Å²) < 4.78 is 40.2. The van der Waals surface area contributed by atoms with Gasteiger partial charge in [-0.1, -0.05) is 60.2 Å². The Morgan fingerprint density at radius 1 is 0.914 bits per heavy atom. The van der Waals surface area contributed by atoms with E-state index in [-0.39, 0.29) is 30.2 Å². The van der Waals surface area contributed by atoms with Crippen molar-refractivity contribution in [1.29, 1.82) is 0 Å². The summed E-state index contributed by atoms with van der Waals surface area (Å²) in [4.78, 5) is 24.1. The normalized spacial score (nSPS) is 11.8. The van der Waals surface area contributed by atoms with E-state index in [1.54, 1.807) is 24.3 Å². The summed E-state index contributed by atoms with van der Waals surface area (Å²) in [5.41, 5.74) is 2.48. The van der Waals surface area contributed by atoms with E-state index in [2.05, 4.69) is 5.32 Å². The van der Waals surface area contributed by atoms with Gasteiger partial charge in [-0.25, -0.2) is 4.79 Å². The van der Waals surface area contributed by atoms with Gasteiger partial charge in [0.05, 0.1) is 13.5 Å². The van der Waals surface area contributed by atoms with Crippen LogP contribution in [0.2, 0.25) is 0 Å². The molecule has 3 rings (SSSR count). The lowest BCUT2D eigenvalue weighted by molar-refractivity contribution is -0.141. The van der Waals surface area contributed by atoms with Gasteiger partial charge in [0.1, 0.15) is 17.3 Å². The van der Waals surface area contributed by atoms with Gasteiger partial charge in [-0.3, -0.25) is 4.79 Å². The van der Waals surface area contributed by atoms with Crippen molar-refractivity contribution >= 4 is 22.2 Å². The second-order valence-corrected chi connectivity index (χ2v) is 9.39. The molecule has 0 spiro atoms. The van der Waals surface area contributed by atoms with Crippen LogP contribution in [0.25, 0.3) is 0 Å². The number of amides is 1. The summed E-state index contributed by atoms with van der Waals surface area (Å²) in [6.45, 7) is 2.10. The molecule has 0 aliphatic rings. The van der Waals surface area contributed by atoms with Crippen molar-refractivity contribution in [2.24, 2.45) is 0 Å². The maximum absolute atomic E-state index is 12.5. The Bertz CT molecular complexity index is 1220. The first-order valence-electron chi connectivity index (χ1n) is 10.9. The molecule has 8 nitrogen and oxygen atoms in total. The van der Waals surface area contributed by atoms with Crippen LogP contribution in [0.4, 0.5) is 4.79 Å². The fourth-order valence-electron chi connectivity index (χ4n) is 3.25. The van der Waals surface area contributed by atoms with Crippen molar-refractivity contribution < 1.29 is 31.7 Å². The zero-order valence-electron chi connectivity index (χ0n) is 19.5. The summed E-state index contributed by atoms with van der Waals surface area (Å²) in [6.07, 6.45) is -0.606. The summed E-state index contributed by atoms with van der Waals surface area (Å²) in [5, 5.41) is 2.66. The van der Waals surface area contributed by atoms with Crippen LogP contribution in [-0.2, 0) is 31.0 Å². The second kappa shape index (κ2) is 12.0. The highest BCUT2D eigenvalue weighted by Crippen LogP contribution is 2.25. The van der Waals surface area contributed by atoms with Crippen LogP contribution in [0.3, 0.4) is 0 Å². The van der Waals surface area contributed by atoms with E-state index in [9.17, 15) is 18.0 Å². The fraction of sp³-hybridized carbons (Fsp3) is 0.231. The number of carbonyl (C=O) groups is 2. The number of alkyl carbamates (subject to hydrolysis) is 1.